The Hall–Kier alpha value is -5.34. The Kier molecular flexibility index (Phi) is 25.3. The number of aldehydes is 1. The summed E-state index contributed by atoms with van der Waals surface area (Å²) >= 11 is 0. The van der Waals surface area contributed by atoms with Crippen LogP contribution in [0.3, 0.4) is 0 Å². The number of carboxylic acid groups (broad SMARTS) is 1. The van der Waals surface area contributed by atoms with Gasteiger partial charge in [-0.25, -0.2) is 10.9 Å². The summed E-state index contributed by atoms with van der Waals surface area (Å²) in [6.07, 6.45) is -3.11. The van der Waals surface area contributed by atoms with E-state index in [0.29, 0.717) is 60.6 Å². The van der Waals surface area contributed by atoms with Crippen molar-refractivity contribution in [1.29, 1.82) is 0 Å². The third kappa shape index (κ3) is 17.7. The van der Waals surface area contributed by atoms with E-state index in [4.69, 9.17) is 5.73 Å². The predicted octanol–water partition coefficient (Wildman–Crippen LogP) is -2.88. The minimum absolute atomic E-state index is 0. The first-order chi connectivity index (χ1) is 39.5. The number of benzene rings is 2. The second-order valence-electron chi connectivity index (χ2n) is 20.0. The van der Waals surface area contributed by atoms with E-state index < -0.39 is 177 Å². The smallest absolute Gasteiger partial charge is 0.303 e. The lowest BCUT2D eigenvalue weighted by Gasteiger charge is -2.35. The standard InChI is InChI=1S/C50H63N11O16S6.H2O/c1-22-37(70)45-57-36(23(2)63)43(75)52-19-33(66)44(55-26(20-62)16-24-5-9-27(64)10-6-24)79-78-41-39(72)30(17-25-7-11-28(65)12-8-25)59-58-29(13-14-35(68)69)38(71)40(73)50(83-80-45)61-21-53-47(49(61)77)82-81-46(41)56-31(18-34(51)67)48(76)60-15-3-4-32(60)42(74)54-22;/h5-12,20,22-23,26,29-32,36,41,44-47,50,53,55-59,63-65H,3-4,13-19,21H2,1-2H3,(H2,51,67)(H,52,75)(H,54,74)(H,68,69);1H2/t22-,23+,26-,29-,30-,31-,32-,36-,41?,44?,45?,46?,47?,50?;/m0./s1. The van der Waals surface area contributed by atoms with Crippen molar-refractivity contribution in [1.82, 2.24) is 52.6 Å². The van der Waals surface area contributed by atoms with E-state index in [1.54, 1.807) is 12.1 Å². The number of aliphatic hydroxyl groups is 1. The maximum Gasteiger partial charge on any atom is 0.303 e. The zero-order valence-electron chi connectivity index (χ0n) is 45.0. The fraction of sp³-hybridized carbons (Fsp3) is 0.520. The SMILES string of the molecule is C[C@@H]1NC(=O)[C@@H]2CCCN2C(=O)[C@H](CC(N)=O)NC2SSC3NCN(C3=O)C3SSC(N[C@@H]([C@@H](C)O)C(=O)NCC(=O)C(N[C@H](C=O)Cc4ccc(O)cc4)SSC2C(=O)[C@H](Cc2ccc(O)cc2)NN[C@@H](CCC(=O)O)C(=O)C3=O)C1=O.O. The van der Waals surface area contributed by atoms with E-state index >= 15 is 9.59 Å². The normalized spacial score (nSPS) is 29.9. The van der Waals surface area contributed by atoms with Crippen LogP contribution in [-0.2, 0) is 70.4 Å². The molecule has 28 nitrogen and oxygen atoms in total. The Labute approximate surface area is 504 Å². The van der Waals surface area contributed by atoms with Gasteiger partial charge in [-0.2, -0.15) is 0 Å². The highest BCUT2D eigenvalue weighted by atomic mass is 33.1. The van der Waals surface area contributed by atoms with Crippen molar-refractivity contribution in [2.45, 2.75) is 139 Å². The third-order valence-corrected chi connectivity index (χ3v) is 22.5. The molecule has 5 fully saturated rings. The molecule has 6 unspecified atom stereocenters. The number of fused-ring (bicyclic) bond motifs is 3. The zero-order chi connectivity index (χ0) is 60.2. The number of aliphatic carboxylic acids is 1. The molecule has 5 aliphatic heterocycles. The molecule has 6 bridgehead atoms. The lowest BCUT2D eigenvalue weighted by molar-refractivity contribution is -0.142. The largest absolute Gasteiger partial charge is 0.508 e. The van der Waals surface area contributed by atoms with Gasteiger partial charge in [0.05, 0.1) is 61.3 Å². The lowest BCUT2D eigenvalue weighted by Crippen LogP contribution is -2.60. The molecular weight excluding hydrogens is 1220 g/mol. The van der Waals surface area contributed by atoms with Crippen LogP contribution < -0.4 is 48.5 Å². The number of nitrogens with zero attached hydrogens (tertiary/aromatic N) is 2. The summed E-state index contributed by atoms with van der Waals surface area (Å²) < 4.78 is 0. The highest BCUT2D eigenvalue weighted by Gasteiger charge is 2.48. The van der Waals surface area contributed by atoms with Crippen molar-refractivity contribution < 1.29 is 83.4 Å². The summed E-state index contributed by atoms with van der Waals surface area (Å²) in [5.41, 5.74) is 12.4. The summed E-state index contributed by atoms with van der Waals surface area (Å²) in [5.74, 6) is -11.1. The molecule has 0 saturated carbocycles. The Balaban J connectivity index is 0.0000113. The maximum absolute atomic E-state index is 16.0. The highest BCUT2D eigenvalue weighted by Crippen LogP contribution is 2.44. The van der Waals surface area contributed by atoms with Crippen molar-refractivity contribution in [3.8, 4) is 11.5 Å². The van der Waals surface area contributed by atoms with Crippen LogP contribution in [0.2, 0.25) is 0 Å². The van der Waals surface area contributed by atoms with E-state index in [1.807, 2.05) is 0 Å². The van der Waals surface area contributed by atoms with Crippen molar-refractivity contribution in [3.05, 3.63) is 59.7 Å². The summed E-state index contributed by atoms with van der Waals surface area (Å²) in [4.78, 5) is 174. The molecule has 14 atom stereocenters. The van der Waals surface area contributed by atoms with E-state index in [9.17, 15) is 68.4 Å². The number of hydrazine groups is 1. The Bertz CT molecular complexity index is 2790. The van der Waals surface area contributed by atoms with Crippen LogP contribution in [0.1, 0.15) is 57.1 Å². The van der Waals surface area contributed by atoms with Crippen LogP contribution >= 0.6 is 64.8 Å². The van der Waals surface area contributed by atoms with Crippen molar-refractivity contribution in [2.75, 3.05) is 19.8 Å². The van der Waals surface area contributed by atoms with Gasteiger partial charge in [0.2, 0.25) is 35.2 Å². The number of carbonyl (C=O) groups is 12. The number of phenols is 2. The number of carbonyl (C=O) groups excluding carboxylic acids is 11. The molecule has 0 spiro atoms. The number of primary amides is 1. The molecule has 7 rings (SSSR count). The Morgan fingerprint density at radius 1 is 0.786 bits per heavy atom. The molecule has 84 heavy (non-hydrogen) atoms. The average Bonchev–Trinajstić information content (AvgIpc) is 4.31. The first kappa shape index (κ1) is 67.8. The first-order valence-electron chi connectivity index (χ1n) is 26.1. The number of nitrogens with one attached hydrogen (secondary N) is 8. The van der Waals surface area contributed by atoms with Gasteiger partial charge < -0.3 is 56.9 Å². The van der Waals surface area contributed by atoms with Gasteiger partial charge in [-0.05, 0) is 81.3 Å². The average molecular weight is 1280 g/mol. The first-order valence-corrected chi connectivity index (χ1v) is 32.9. The van der Waals surface area contributed by atoms with E-state index in [0.717, 1.165) is 26.5 Å². The van der Waals surface area contributed by atoms with Gasteiger partial charge in [-0.15, -0.1) is 0 Å². The van der Waals surface area contributed by atoms with Crippen LogP contribution in [0.25, 0.3) is 0 Å². The number of aromatic hydroxyl groups is 2. The second kappa shape index (κ2) is 31.3. The van der Waals surface area contributed by atoms with E-state index in [1.165, 1.54) is 55.1 Å². The number of ketones is 5. The van der Waals surface area contributed by atoms with Gasteiger partial charge in [-0.3, -0.25) is 74.0 Å². The molecule has 5 aliphatic rings. The molecule has 0 aromatic heterocycles. The monoisotopic (exact) mass is 1280 g/mol. The molecule has 0 aliphatic carbocycles. The molecule has 5 saturated heterocycles. The molecule has 0 radical (unpaired) electrons. The summed E-state index contributed by atoms with van der Waals surface area (Å²) in [5, 5.41) is 48.9. The summed E-state index contributed by atoms with van der Waals surface area (Å²) in [7, 11) is 4.11. The van der Waals surface area contributed by atoms with Crippen molar-refractivity contribution >= 4 is 135 Å². The summed E-state index contributed by atoms with van der Waals surface area (Å²) in [6.45, 7) is 1.24. The lowest BCUT2D eigenvalue weighted by atomic mass is 9.99. The number of rotatable bonds is 13. The van der Waals surface area contributed by atoms with Crippen molar-refractivity contribution in [2.24, 2.45) is 5.73 Å². The Morgan fingerprint density at radius 3 is 2.08 bits per heavy atom. The predicted molar refractivity (Wildman–Crippen MR) is 314 cm³/mol. The van der Waals surface area contributed by atoms with Gasteiger partial charge in [0, 0.05) is 13.0 Å². The number of aliphatic hydroxyl groups excluding tert-OH is 1. The van der Waals surface area contributed by atoms with Crippen molar-refractivity contribution in [3.63, 3.8) is 0 Å². The van der Waals surface area contributed by atoms with Gasteiger partial charge in [0.15, 0.2) is 22.7 Å². The third-order valence-electron chi connectivity index (χ3n) is 13.8. The molecule has 2 aromatic carbocycles. The molecule has 16 N–H and O–H groups in total. The number of amides is 5. The number of phenolic OH excluding ortho intramolecular Hbond substituents is 2. The highest BCUT2D eigenvalue weighted by molar-refractivity contribution is 8.79. The van der Waals surface area contributed by atoms with E-state index in [2.05, 4.69) is 42.8 Å². The fourth-order valence-electron chi connectivity index (χ4n) is 9.34. The molecule has 5 heterocycles. The minimum atomic E-state index is -1.82. The fourth-order valence-corrected chi connectivity index (χ4v) is 18.6. The van der Waals surface area contributed by atoms with E-state index in [-0.39, 0.29) is 49.2 Å². The molecule has 34 heteroatoms. The number of nitrogens with two attached hydrogens (primary N) is 1. The molecule has 458 valence electrons. The molecular formula is C50H65N11O17S6. The van der Waals surface area contributed by atoms with Crippen LogP contribution in [0.5, 0.6) is 11.5 Å². The van der Waals surface area contributed by atoms with Crippen LogP contribution in [0.4, 0.5) is 0 Å². The maximum atomic E-state index is 16.0. The van der Waals surface area contributed by atoms with Crippen LogP contribution in [-0.4, -0.2) is 207 Å². The summed E-state index contributed by atoms with van der Waals surface area (Å²) in [6, 6.07) is 0.965. The van der Waals surface area contributed by atoms with Gasteiger partial charge in [-0.1, -0.05) is 89.0 Å². The zero-order valence-corrected chi connectivity index (χ0v) is 49.9. The number of carboxylic acids is 1. The minimum Gasteiger partial charge on any atom is -0.508 e. The quantitative estimate of drug-likeness (QED) is 0.0544. The van der Waals surface area contributed by atoms with Crippen LogP contribution in [0, 0.1) is 0 Å². The van der Waals surface area contributed by atoms with Gasteiger partial charge in [0.25, 0.3) is 5.91 Å². The van der Waals surface area contributed by atoms with Gasteiger partial charge in [0.1, 0.15) is 51.2 Å². The Morgan fingerprint density at radius 2 is 1.44 bits per heavy atom. The van der Waals surface area contributed by atoms with Gasteiger partial charge >= 0.3 is 5.97 Å². The van der Waals surface area contributed by atoms with Crippen LogP contribution in [0.15, 0.2) is 48.5 Å². The molecule has 2 aromatic rings. The number of hydrogen-bond donors (Lipinski definition) is 13. The number of Topliss-reactive ketones (excluding diaryl/α,β-unsaturated/α-hetero) is 5. The second-order valence-corrected chi connectivity index (χ2v) is 27.5. The molecule has 5 amide bonds. The number of hydrogen-bond acceptors (Lipinski definition) is 27. The topological polar surface area (TPSA) is 446 Å².